The van der Waals surface area contributed by atoms with Crippen molar-refractivity contribution >= 4 is 12.1 Å². The maximum absolute atomic E-state index is 11.3. The molecule has 0 aliphatic heterocycles. The minimum Gasteiger partial charge on any atom is -0.465 e. The van der Waals surface area contributed by atoms with Gasteiger partial charge in [0.15, 0.2) is 6.04 Å². The van der Waals surface area contributed by atoms with Crippen LogP contribution < -0.4 is 5.32 Å². The summed E-state index contributed by atoms with van der Waals surface area (Å²) in [6.07, 6.45) is -1.36. The monoisotopic (exact) mass is 226 g/mol. The van der Waals surface area contributed by atoms with Gasteiger partial charge in [-0.2, -0.15) is 5.26 Å². The van der Waals surface area contributed by atoms with Gasteiger partial charge in [-0.15, -0.1) is 0 Å². The fraction of sp³-hybridized carbons (Fsp3) is 0.500. The number of carbonyl (C=O) groups is 2. The third-order valence-electron chi connectivity index (χ3n) is 1.80. The second-order valence-electron chi connectivity index (χ2n) is 3.78. The molecule has 0 aromatic heterocycles. The molecule has 16 heavy (non-hydrogen) atoms. The Morgan fingerprint density at radius 2 is 2.06 bits per heavy atom. The minimum atomic E-state index is -1.36. The Kier molecular flexibility index (Phi) is 4.51. The van der Waals surface area contributed by atoms with Crippen LogP contribution in [0, 0.1) is 11.3 Å². The molecule has 6 heteroatoms. The van der Waals surface area contributed by atoms with Crippen molar-refractivity contribution in [3.05, 3.63) is 12.2 Å². The molecule has 0 aliphatic rings. The van der Waals surface area contributed by atoms with Crippen molar-refractivity contribution in [1.29, 1.82) is 5.26 Å². The predicted octanol–water partition coefficient (Wildman–Crippen LogP) is 1.04. The van der Waals surface area contributed by atoms with E-state index in [1.54, 1.807) is 6.07 Å². The van der Waals surface area contributed by atoms with Crippen molar-refractivity contribution < 1.29 is 19.4 Å². The quantitative estimate of drug-likeness (QED) is 0.551. The first-order chi connectivity index (χ1) is 7.20. The van der Waals surface area contributed by atoms with E-state index in [0.29, 0.717) is 0 Å². The molecule has 0 radical (unpaired) electrons. The van der Waals surface area contributed by atoms with E-state index in [1.165, 1.54) is 20.8 Å². The molecule has 0 saturated carbocycles. The van der Waals surface area contributed by atoms with Crippen LogP contribution in [-0.2, 0) is 9.53 Å². The molecule has 6 nitrogen and oxygen atoms in total. The number of nitrogens with one attached hydrogen (secondary N) is 1. The van der Waals surface area contributed by atoms with E-state index < -0.39 is 23.7 Å². The molecule has 0 rings (SSSR count). The first kappa shape index (κ1) is 14.0. The third-order valence-corrected chi connectivity index (χ3v) is 1.80. The zero-order chi connectivity index (χ0) is 12.9. The van der Waals surface area contributed by atoms with E-state index in [9.17, 15) is 9.59 Å². The number of carboxylic acid groups (broad SMARTS) is 1. The van der Waals surface area contributed by atoms with Crippen LogP contribution in [0.4, 0.5) is 4.79 Å². The van der Waals surface area contributed by atoms with Crippen LogP contribution in [0.2, 0.25) is 0 Å². The number of rotatable bonds is 4. The van der Waals surface area contributed by atoms with Crippen molar-refractivity contribution in [2.75, 3.05) is 0 Å². The lowest BCUT2D eigenvalue weighted by molar-refractivity contribution is -0.152. The normalized spacial score (nSPS) is 12.1. The molecule has 1 unspecified atom stereocenters. The minimum absolute atomic E-state index is 0.181. The summed E-state index contributed by atoms with van der Waals surface area (Å²) in [5, 5.41) is 19.2. The number of hydrogen-bond donors (Lipinski definition) is 2. The van der Waals surface area contributed by atoms with E-state index >= 15 is 0 Å². The van der Waals surface area contributed by atoms with E-state index in [1.807, 2.05) is 5.32 Å². The number of amides is 1. The summed E-state index contributed by atoms with van der Waals surface area (Å²) in [5.41, 5.74) is -1.08. The smallest absolute Gasteiger partial charge is 0.405 e. The molecular formula is C10H14N2O4. The fourth-order valence-corrected chi connectivity index (χ4v) is 0.870. The Morgan fingerprint density at radius 1 is 1.56 bits per heavy atom. The highest BCUT2D eigenvalue weighted by atomic mass is 16.6. The maximum Gasteiger partial charge on any atom is 0.405 e. The number of hydrogen-bond acceptors (Lipinski definition) is 4. The largest absolute Gasteiger partial charge is 0.465 e. The first-order valence-electron chi connectivity index (χ1n) is 4.48. The van der Waals surface area contributed by atoms with Gasteiger partial charge >= 0.3 is 12.1 Å². The summed E-state index contributed by atoms with van der Waals surface area (Å²) in [7, 11) is 0. The maximum atomic E-state index is 11.3. The Bertz CT molecular complexity index is 354. The van der Waals surface area contributed by atoms with Gasteiger partial charge in [-0.1, -0.05) is 6.58 Å². The molecule has 0 fully saturated rings. The standard InChI is InChI=1S/C10H14N2O4/c1-6(2)8(13)16-10(3,4)7(5-11)12-9(14)15/h7,12H,1H2,2-4H3,(H,14,15). The number of ether oxygens (including phenoxy) is 1. The van der Waals surface area contributed by atoms with Crippen LogP contribution in [0.1, 0.15) is 20.8 Å². The summed E-state index contributed by atoms with van der Waals surface area (Å²) >= 11 is 0. The third kappa shape index (κ3) is 4.00. The van der Waals surface area contributed by atoms with Crippen LogP contribution in [0.5, 0.6) is 0 Å². The van der Waals surface area contributed by atoms with E-state index in [-0.39, 0.29) is 5.57 Å². The van der Waals surface area contributed by atoms with Crippen LogP contribution in [0.25, 0.3) is 0 Å². The van der Waals surface area contributed by atoms with Crippen LogP contribution >= 0.6 is 0 Å². The van der Waals surface area contributed by atoms with Gasteiger partial charge in [-0.3, -0.25) is 0 Å². The van der Waals surface area contributed by atoms with Crippen LogP contribution in [0.3, 0.4) is 0 Å². The molecular weight excluding hydrogens is 212 g/mol. The Balaban J connectivity index is 4.74. The number of nitriles is 1. The highest BCUT2D eigenvalue weighted by Crippen LogP contribution is 2.16. The number of nitrogens with zero attached hydrogens (tertiary/aromatic N) is 1. The Hall–Kier alpha value is -2.03. The van der Waals surface area contributed by atoms with E-state index in [4.69, 9.17) is 15.1 Å². The molecule has 0 saturated heterocycles. The lowest BCUT2D eigenvalue weighted by atomic mass is 10.00. The molecule has 0 spiro atoms. The average Bonchev–Trinajstić information content (AvgIpc) is 2.12. The highest BCUT2D eigenvalue weighted by molar-refractivity contribution is 5.87. The van der Waals surface area contributed by atoms with Gasteiger partial charge in [0.2, 0.25) is 0 Å². The van der Waals surface area contributed by atoms with Crippen molar-refractivity contribution in [2.45, 2.75) is 32.4 Å². The molecule has 0 bridgehead atoms. The van der Waals surface area contributed by atoms with Crippen molar-refractivity contribution in [3.8, 4) is 6.07 Å². The van der Waals surface area contributed by atoms with Crippen molar-refractivity contribution in [2.24, 2.45) is 0 Å². The molecule has 1 amide bonds. The predicted molar refractivity (Wildman–Crippen MR) is 55.5 cm³/mol. The van der Waals surface area contributed by atoms with Gasteiger partial charge in [0.1, 0.15) is 5.60 Å². The van der Waals surface area contributed by atoms with E-state index in [2.05, 4.69) is 6.58 Å². The fourth-order valence-electron chi connectivity index (χ4n) is 0.870. The van der Waals surface area contributed by atoms with Gasteiger partial charge in [-0.05, 0) is 20.8 Å². The molecule has 0 aromatic rings. The van der Waals surface area contributed by atoms with Crippen LogP contribution in [0.15, 0.2) is 12.2 Å². The lowest BCUT2D eigenvalue weighted by Gasteiger charge is -2.29. The van der Waals surface area contributed by atoms with Crippen molar-refractivity contribution in [1.82, 2.24) is 5.32 Å². The summed E-state index contributed by atoms with van der Waals surface area (Å²) < 4.78 is 4.97. The molecule has 0 heterocycles. The SMILES string of the molecule is C=C(C)C(=O)OC(C)(C)C(C#N)NC(=O)O. The Morgan fingerprint density at radius 3 is 2.38 bits per heavy atom. The number of carbonyl (C=O) groups excluding carboxylic acids is 1. The van der Waals surface area contributed by atoms with Crippen LogP contribution in [-0.4, -0.2) is 28.8 Å². The molecule has 1 atom stereocenters. The Labute approximate surface area is 93.5 Å². The summed E-state index contributed by atoms with van der Waals surface area (Å²) in [5.74, 6) is -0.669. The summed E-state index contributed by atoms with van der Waals surface area (Å²) in [4.78, 5) is 21.7. The lowest BCUT2D eigenvalue weighted by Crippen LogP contribution is -2.50. The van der Waals surface area contributed by atoms with Gasteiger partial charge in [0, 0.05) is 5.57 Å². The van der Waals surface area contributed by atoms with Gasteiger partial charge in [-0.25, -0.2) is 9.59 Å². The van der Waals surface area contributed by atoms with Gasteiger partial charge < -0.3 is 15.2 Å². The second-order valence-corrected chi connectivity index (χ2v) is 3.78. The molecule has 2 N–H and O–H groups in total. The highest BCUT2D eigenvalue weighted by Gasteiger charge is 2.35. The first-order valence-corrected chi connectivity index (χ1v) is 4.48. The topological polar surface area (TPSA) is 99.4 Å². The molecule has 0 aromatic carbocycles. The number of esters is 1. The van der Waals surface area contributed by atoms with Gasteiger partial charge in [0.05, 0.1) is 6.07 Å². The average molecular weight is 226 g/mol. The summed E-state index contributed by atoms with van der Waals surface area (Å²) in [6.45, 7) is 7.74. The van der Waals surface area contributed by atoms with Crippen molar-refractivity contribution in [3.63, 3.8) is 0 Å². The zero-order valence-corrected chi connectivity index (χ0v) is 9.40. The molecule has 88 valence electrons. The zero-order valence-electron chi connectivity index (χ0n) is 9.40. The second kappa shape index (κ2) is 5.16. The summed E-state index contributed by atoms with van der Waals surface area (Å²) in [6, 6.07) is 0.574. The van der Waals surface area contributed by atoms with Gasteiger partial charge in [0.25, 0.3) is 0 Å². The van der Waals surface area contributed by atoms with E-state index in [0.717, 1.165) is 0 Å². The molecule has 0 aliphatic carbocycles.